The SMILES string of the molecule is N#C/C(=C/c1ccc(-c2ccccc2[N+](=O)[O-])o1)c1cccc(C#N)c1. The van der Waals surface area contributed by atoms with E-state index < -0.39 is 4.92 Å². The summed E-state index contributed by atoms with van der Waals surface area (Å²) >= 11 is 0. The van der Waals surface area contributed by atoms with Crippen molar-refractivity contribution >= 4 is 17.3 Å². The summed E-state index contributed by atoms with van der Waals surface area (Å²) in [6.07, 6.45) is 1.54. The van der Waals surface area contributed by atoms with Crippen molar-refractivity contribution in [3.05, 3.63) is 87.7 Å². The van der Waals surface area contributed by atoms with Gasteiger partial charge in [-0.15, -0.1) is 0 Å². The number of nitrogens with zero attached hydrogens (tertiary/aromatic N) is 3. The summed E-state index contributed by atoms with van der Waals surface area (Å²) in [4.78, 5) is 10.7. The molecule has 0 aliphatic heterocycles. The van der Waals surface area contributed by atoms with Crippen molar-refractivity contribution in [2.45, 2.75) is 0 Å². The molecule has 3 rings (SSSR count). The van der Waals surface area contributed by atoms with Crippen molar-refractivity contribution in [2.75, 3.05) is 0 Å². The maximum absolute atomic E-state index is 11.2. The molecule has 0 fully saturated rings. The van der Waals surface area contributed by atoms with Crippen LogP contribution in [0.5, 0.6) is 0 Å². The lowest BCUT2D eigenvalue weighted by molar-refractivity contribution is -0.384. The number of nitriles is 2. The van der Waals surface area contributed by atoms with E-state index >= 15 is 0 Å². The van der Waals surface area contributed by atoms with E-state index in [2.05, 4.69) is 6.07 Å². The first-order chi connectivity index (χ1) is 12.6. The average molecular weight is 341 g/mol. The summed E-state index contributed by atoms with van der Waals surface area (Å²) < 4.78 is 5.67. The van der Waals surface area contributed by atoms with Gasteiger partial charge in [-0.2, -0.15) is 10.5 Å². The van der Waals surface area contributed by atoms with Crippen LogP contribution < -0.4 is 0 Å². The smallest absolute Gasteiger partial charge is 0.280 e. The van der Waals surface area contributed by atoms with Crippen molar-refractivity contribution in [3.63, 3.8) is 0 Å². The number of hydrogen-bond acceptors (Lipinski definition) is 5. The molecular formula is C20H11N3O3. The van der Waals surface area contributed by atoms with Crippen LogP contribution in [0.25, 0.3) is 23.0 Å². The van der Waals surface area contributed by atoms with Gasteiger partial charge in [0.2, 0.25) is 0 Å². The molecule has 1 aromatic heterocycles. The standard InChI is InChI=1S/C20H11N3O3/c21-12-14-4-3-5-15(10-14)16(13-22)11-17-8-9-20(26-17)18-6-1-2-7-19(18)23(24)25/h1-11H/b16-11-. The van der Waals surface area contributed by atoms with Gasteiger partial charge in [0.15, 0.2) is 0 Å². The predicted octanol–water partition coefficient (Wildman–Crippen LogP) is 4.79. The molecule has 0 aliphatic carbocycles. The van der Waals surface area contributed by atoms with Gasteiger partial charge in [-0.05, 0) is 42.0 Å². The number of allylic oxidation sites excluding steroid dienone is 1. The highest BCUT2D eigenvalue weighted by molar-refractivity contribution is 5.89. The summed E-state index contributed by atoms with van der Waals surface area (Å²) in [6, 6.07) is 20.3. The summed E-state index contributed by atoms with van der Waals surface area (Å²) in [5.74, 6) is 0.726. The van der Waals surface area contributed by atoms with E-state index in [1.165, 1.54) is 12.1 Å². The maximum atomic E-state index is 11.2. The second kappa shape index (κ2) is 7.16. The molecule has 0 aliphatic rings. The average Bonchev–Trinajstić information content (AvgIpc) is 3.14. The fourth-order valence-electron chi connectivity index (χ4n) is 2.50. The molecule has 0 saturated carbocycles. The fourth-order valence-corrected chi connectivity index (χ4v) is 2.50. The minimum Gasteiger partial charge on any atom is -0.456 e. The van der Waals surface area contributed by atoms with E-state index in [1.807, 2.05) is 6.07 Å². The highest BCUT2D eigenvalue weighted by Gasteiger charge is 2.17. The van der Waals surface area contributed by atoms with E-state index in [0.717, 1.165) is 0 Å². The second-order valence-corrected chi connectivity index (χ2v) is 5.34. The Morgan fingerprint density at radius 3 is 2.62 bits per heavy atom. The third kappa shape index (κ3) is 3.35. The molecule has 0 amide bonds. The van der Waals surface area contributed by atoms with E-state index in [9.17, 15) is 15.4 Å². The third-order valence-corrected chi connectivity index (χ3v) is 3.70. The quantitative estimate of drug-likeness (QED) is 0.385. The van der Waals surface area contributed by atoms with E-state index in [-0.39, 0.29) is 5.69 Å². The van der Waals surface area contributed by atoms with Gasteiger partial charge in [-0.25, -0.2) is 0 Å². The van der Waals surface area contributed by atoms with Crippen LogP contribution in [0.1, 0.15) is 16.9 Å². The minimum atomic E-state index is -0.471. The predicted molar refractivity (Wildman–Crippen MR) is 95.4 cm³/mol. The number of nitro benzene ring substituents is 1. The number of hydrogen-bond donors (Lipinski definition) is 0. The molecule has 1 heterocycles. The summed E-state index contributed by atoms with van der Waals surface area (Å²) in [6.45, 7) is 0. The monoisotopic (exact) mass is 341 g/mol. The highest BCUT2D eigenvalue weighted by Crippen LogP contribution is 2.31. The van der Waals surface area contributed by atoms with Crippen LogP contribution in [0.4, 0.5) is 5.69 Å². The molecule has 0 spiro atoms. The first-order valence-electron chi connectivity index (χ1n) is 7.58. The van der Waals surface area contributed by atoms with Crippen LogP contribution in [0.15, 0.2) is 65.1 Å². The number of furan rings is 1. The first kappa shape index (κ1) is 16.7. The molecule has 0 bridgehead atoms. The molecule has 6 heteroatoms. The minimum absolute atomic E-state index is 0.0559. The van der Waals surface area contributed by atoms with Crippen molar-refractivity contribution in [1.82, 2.24) is 0 Å². The molecule has 0 unspecified atom stereocenters. The molecule has 3 aromatic rings. The van der Waals surface area contributed by atoms with Crippen LogP contribution in [0.3, 0.4) is 0 Å². The van der Waals surface area contributed by atoms with Gasteiger partial charge in [0.25, 0.3) is 5.69 Å². The fraction of sp³-hybridized carbons (Fsp3) is 0. The summed E-state index contributed by atoms with van der Waals surface area (Å²) in [5.41, 5.74) is 1.67. The number of benzene rings is 2. The van der Waals surface area contributed by atoms with Gasteiger partial charge in [-0.1, -0.05) is 24.3 Å². The molecule has 0 N–H and O–H groups in total. The van der Waals surface area contributed by atoms with Gasteiger partial charge >= 0.3 is 0 Å². The Kier molecular flexibility index (Phi) is 4.60. The van der Waals surface area contributed by atoms with Gasteiger partial charge in [0, 0.05) is 6.07 Å². The molecule has 2 aromatic carbocycles. The molecular weight excluding hydrogens is 330 g/mol. The molecule has 0 atom stereocenters. The zero-order valence-electron chi connectivity index (χ0n) is 13.4. The third-order valence-electron chi connectivity index (χ3n) is 3.70. The summed E-state index contributed by atoms with van der Waals surface area (Å²) in [5, 5.41) is 29.5. The Bertz CT molecular complexity index is 1100. The van der Waals surface area contributed by atoms with E-state index in [0.29, 0.717) is 33.8 Å². The Balaban J connectivity index is 2.00. The number of para-hydroxylation sites is 1. The topological polar surface area (TPSA) is 104 Å². The zero-order chi connectivity index (χ0) is 18.5. The van der Waals surface area contributed by atoms with Gasteiger partial charge in [-0.3, -0.25) is 10.1 Å². The maximum Gasteiger partial charge on any atom is 0.280 e. The lowest BCUT2D eigenvalue weighted by Gasteiger charge is -2.00. The van der Waals surface area contributed by atoms with Crippen molar-refractivity contribution in [2.24, 2.45) is 0 Å². The van der Waals surface area contributed by atoms with Gasteiger partial charge in [0.1, 0.15) is 11.5 Å². The number of nitro groups is 1. The van der Waals surface area contributed by atoms with Crippen LogP contribution in [0, 0.1) is 32.8 Å². The zero-order valence-corrected chi connectivity index (χ0v) is 13.4. The normalized spacial score (nSPS) is 10.8. The Morgan fingerprint density at radius 2 is 1.88 bits per heavy atom. The summed E-state index contributed by atoms with van der Waals surface area (Å²) in [7, 11) is 0. The molecule has 26 heavy (non-hydrogen) atoms. The lowest BCUT2D eigenvalue weighted by atomic mass is 10.0. The van der Waals surface area contributed by atoms with Crippen molar-refractivity contribution in [3.8, 4) is 23.5 Å². The van der Waals surface area contributed by atoms with Crippen LogP contribution in [0.2, 0.25) is 0 Å². The molecule has 6 nitrogen and oxygen atoms in total. The van der Waals surface area contributed by atoms with E-state index in [4.69, 9.17) is 9.68 Å². The Morgan fingerprint density at radius 1 is 1.08 bits per heavy atom. The first-order valence-corrected chi connectivity index (χ1v) is 7.58. The Labute approximate surface area is 149 Å². The van der Waals surface area contributed by atoms with Gasteiger partial charge < -0.3 is 4.42 Å². The van der Waals surface area contributed by atoms with Crippen LogP contribution >= 0.6 is 0 Å². The molecule has 0 radical (unpaired) electrons. The Hall–Kier alpha value is -4.16. The largest absolute Gasteiger partial charge is 0.456 e. The van der Waals surface area contributed by atoms with Gasteiger partial charge in [0.05, 0.1) is 33.8 Å². The lowest BCUT2D eigenvalue weighted by Crippen LogP contribution is -1.90. The molecule has 0 saturated heterocycles. The molecule has 124 valence electrons. The van der Waals surface area contributed by atoms with Crippen molar-refractivity contribution in [1.29, 1.82) is 10.5 Å². The highest BCUT2D eigenvalue weighted by atomic mass is 16.6. The number of rotatable bonds is 4. The van der Waals surface area contributed by atoms with Crippen molar-refractivity contribution < 1.29 is 9.34 Å². The van der Waals surface area contributed by atoms with Crippen LogP contribution in [-0.2, 0) is 0 Å². The van der Waals surface area contributed by atoms with E-state index in [1.54, 1.807) is 54.6 Å². The van der Waals surface area contributed by atoms with Crippen LogP contribution in [-0.4, -0.2) is 4.92 Å². The second-order valence-electron chi connectivity index (χ2n) is 5.34.